The number of likely N-dealkylation sites (N-methyl/N-ethyl adjacent to an activating group) is 1. The lowest BCUT2D eigenvalue weighted by atomic mass is 10.2. The first-order valence-electron chi connectivity index (χ1n) is 7.94. The molecule has 0 radical (unpaired) electrons. The molecule has 132 valence electrons. The predicted molar refractivity (Wildman–Crippen MR) is 100 cm³/mol. The van der Waals surface area contributed by atoms with Crippen molar-refractivity contribution >= 4 is 34.9 Å². The van der Waals surface area contributed by atoms with Gasteiger partial charge in [-0.15, -0.1) is 0 Å². The van der Waals surface area contributed by atoms with Crippen molar-refractivity contribution in [2.45, 2.75) is 13.8 Å². The summed E-state index contributed by atoms with van der Waals surface area (Å²) in [5.41, 5.74) is 2.82. The van der Waals surface area contributed by atoms with E-state index in [4.69, 9.17) is 11.6 Å². The molecule has 2 aromatic rings. The summed E-state index contributed by atoms with van der Waals surface area (Å²) >= 11 is 6.12. The molecule has 5 nitrogen and oxygen atoms in total. The van der Waals surface area contributed by atoms with Gasteiger partial charge in [-0.3, -0.25) is 4.79 Å². The van der Waals surface area contributed by atoms with E-state index in [2.05, 4.69) is 10.1 Å². The number of carbonyl (C=O) groups excluding carboxylic acids is 2. The molecule has 0 atom stereocenters. The molecule has 1 amide bonds. The lowest BCUT2D eigenvalue weighted by molar-refractivity contribution is -0.115. The summed E-state index contributed by atoms with van der Waals surface area (Å²) in [7, 11) is 1.30. The second-order valence-corrected chi connectivity index (χ2v) is 5.99. The summed E-state index contributed by atoms with van der Waals surface area (Å²) in [6.07, 6.45) is 0. The summed E-state index contributed by atoms with van der Waals surface area (Å²) in [6.45, 7) is 4.86. The Labute approximate surface area is 152 Å². The van der Waals surface area contributed by atoms with E-state index in [0.717, 1.165) is 11.3 Å². The summed E-state index contributed by atoms with van der Waals surface area (Å²) in [5.74, 6) is -0.700. The van der Waals surface area contributed by atoms with Gasteiger partial charge in [-0.2, -0.15) is 0 Å². The van der Waals surface area contributed by atoms with Crippen molar-refractivity contribution in [1.82, 2.24) is 0 Å². The number of nitrogens with one attached hydrogen (secondary N) is 1. The Hall–Kier alpha value is -2.53. The van der Waals surface area contributed by atoms with Crippen molar-refractivity contribution in [1.29, 1.82) is 0 Å². The van der Waals surface area contributed by atoms with Gasteiger partial charge < -0.3 is 15.0 Å². The van der Waals surface area contributed by atoms with E-state index in [1.807, 2.05) is 43.0 Å². The number of anilines is 2. The number of benzene rings is 2. The van der Waals surface area contributed by atoms with Crippen LogP contribution in [0.3, 0.4) is 0 Å². The van der Waals surface area contributed by atoms with E-state index in [-0.39, 0.29) is 12.5 Å². The van der Waals surface area contributed by atoms with Gasteiger partial charge in [0.15, 0.2) is 0 Å². The maximum Gasteiger partial charge on any atom is 0.337 e. The number of nitrogens with zero attached hydrogens (tertiary/aromatic N) is 1. The minimum Gasteiger partial charge on any atom is -0.465 e. The Morgan fingerprint density at radius 1 is 1.20 bits per heavy atom. The lowest BCUT2D eigenvalue weighted by Gasteiger charge is -2.23. The van der Waals surface area contributed by atoms with E-state index >= 15 is 0 Å². The van der Waals surface area contributed by atoms with Crippen LogP contribution < -0.4 is 10.2 Å². The largest absolute Gasteiger partial charge is 0.465 e. The third-order valence-electron chi connectivity index (χ3n) is 3.74. The average molecular weight is 361 g/mol. The van der Waals surface area contributed by atoms with E-state index in [1.54, 1.807) is 12.1 Å². The molecule has 0 bridgehead atoms. The van der Waals surface area contributed by atoms with Crippen molar-refractivity contribution < 1.29 is 14.3 Å². The van der Waals surface area contributed by atoms with Crippen LogP contribution >= 0.6 is 11.6 Å². The fourth-order valence-corrected chi connectivity index (χ4v) is 2.60. The SMILES string of the molecule is CCN(CC(=O)Nc1cc(C(=O)OC)ccc1Cl)c1cccc(C)c1. The number of carbonyl (C=O) groups is 2. The Balaban J connectivity index is 2.12. The molecule has 6 heteroatoms. The number of aryl methyl sites for hydroxylation is 1. The molecular formula is C19H21ClN2O3. The Morgan fingerprint density at radius 2 is 1.96 bits per heavy atom. The molecule has 2 aromatic carbocycles. The minimum absolute atomic E-state index is 0.179. The molecule has 2 rings (SSSR count). The van der Waals surface area contributed by atoms with E-state index in [1.165, 1.54) is 13.2 Å². The number of rotatable bonds is 6. The van der Waals surface area contributed by atoms with Crippen molar-refractivity contribution in [2.75, 3.05) is 30.4 Å². The number of halogens is 1. The normalized spacial score (nSPS) is 10.2. The molecule has 0 saturated carbocycles. The van der Waals surface area contributed by atoms with Crippen LogP contribution in [0.2, 0.25) is 5.02 Å². The molecule has 1 N–H and O–H groups in total. The number of methoxy groups -OCH3 is 1. The standard InChI is InChI=1S/C19H21ClN2O3/c1-4-22(15-7-5-6-13(2)10-15)12-18(23)21-17-11-14(19(24)25-3)8-9-16(17)20/h5-11H,4,12H2,1-3H3,(H,21,23). The highest BCUT2D eigenvalue weighted by molar-refractivity contribution is 6.33. The summed E-state index contributed by atoms with van der Waals surface area (Å²) < 4.78 is 4.68. The van der Waals surface area contributed by atoms with Gasteiger partial charge in [0.05, 0.1) is 29.9 Å². The zero-order valence-corrected chi connectivity index (χ0v) is 15.3. The quantitative estimate of drug-likeness (QED) is 0.794. The van der Waals surface area contributed by atoms with Crippen molar-refractivity contribution in [2.24, 2.45) is 0 Å². The van der Waals surface area contributed by atoms with Gasteiger partial charge in [0.2, 0.25) is 5.91 Å². The highest BCUT2D eigenvalue weighted by Gasteiger charge is 2.14. The predicted octanol–water partition coefficient (Wildman–Crippen LogP) is 3.90. The molecule has 0 aliphatic heterocycles. The molecule has 0 aliphatic carbocycles. The van der Waals surface area contributed by atoms with Gasteiger partial charge in [-0.05, 0) is 49.7 Å². The van der Waals surface area contributed by atoms with Crippen LogP contribution in [0.25, 0.3) is 0 Å². The zero-order valence-electron chi connectivity index (χ0n) is 14.5. The third kappa shape index (κ3) is 4.97. The molecule has 0 saturated heterocycles. The summed E-state index contributed by atoms with van der Waals surface area (Å²) in [5, 5.41) is 3.12. The van der Waals surface area contributed by atoms with Crippen LogP contribution in [0.4, 0.5) is 11.4 Å². The molecule has 0 aliphatic rings. The fourth-order valence-electron chi connectivity index (χ4n) is 2.44. The number of hydrogen-bond donors (Lipinski definition) is 1. The molecule has 0 unspecified atom stereocenters. The highest BCUT2D eigenvalue weighted by atomic mass is 35.5. The van der Waals surface area contributed by atoms with Crippen LogP contribution in [0.5, 0.6) is 0 Å². The van der Waals surface area contributed by atoms with Gasteiger partial charge in [0.25, 0.3) is 0 Å². The second-order valence-electron chi connectivity index (χ2n) is 5.59. The van der Waals surface area contributed by atoms with Crippen LogP contribution in [0.1, 0.15) is 22.8 Å². The fraction of sp³-hybridized carbons (Fsp3) is 0.263. The topological polar surface area (TPSA) is 58.6 Å². The minimum atomic E-state index is -0.484. The summed E-state index contributed by atoms with van der Waals surface area (Å²) in [4.78, 5) is 26.0. The first-order chi connectivity index (χ1) is 11.9. The number of ether oxygens (including phenoxy) is 1. The molecule has 0 spiro atoms. The monoisotopic (exact) mass is 360 g/mol. The van der Waals surface area contributed by atoms with Crippen LogP contribution in [0.15, 0.2) is 42.5 Å². The Bertz CT molecular complexity index is 777. The zero-order chi connectivity index (χ0) is 18.4. The Morgan fingerprint density at radius 3 is 2.60 bits per heavy atom. The number of hydrogen-bond acceptors (Lipinski definition) is 4. The maximum atomic E-state index is 12.4. The van der Waals surface area contributed by atoms with Crippen LogP contribution in [0, 0.1) is 6.92 Å². The van der Waals surface area contributed by atoms with E-state index in [9.17, 15) is 9.59 Å². The van der Waals surface area contributed by atoms with Gasteiger partial charge in [0.1, 0.15) is 0 Å². The molecule has 25 heavy (non-hydrogen) atoms. The average Bonchev–Trinajstić information content (AvgIpc) is 2.60. The first-order valence-corrected chi connectivity index (χ1v) is 8.31. The second kappa shape index (κ2) is 8.53. The van der Waals surface area contributed by atoms with Crippen molar-refractivity contribution in [3.8, 4) is 0 Å². The molecule has 0 heterocycles. The molecular weight excluding hydrogens is 340 g/mol. The smallest absolute Gasteiger partial charge is 0.337 e. The van der Waals surface area contributed by atoms with Crippen LogP contribution in [-0.4, -0.2) is 32.1 Å². The molecule has 0 aromatic heterocycles. The van der Waals surface area contributed by atoms with E-state index < -0.39 is 5.97 Å². The first kappa shape index (κ1) is 18.8. The van der Waals surface area contributed by atoms with Gasteiger partial charge in [-0.25, -0.2) is 4.79 Å². The van der Waals surface area contributed by atoms with Gasteiger partial charge in [-0.1, -0.05) is 23.7 Å². The van der Waals surface area contributed by atoms with Crippen molar-refractivity contribution in [3.63, 3.8) is 0 Å². The lowest BCUT2D eigenvalue weighted by Crippen LogP contribution is -2.33. The number of amides is 1. The Kier molecular flexibility index (Phi) is 6.42. The van der Waals surface area contributed by atoms with E-state index in [0.29, 0.717) is 22.8 Å². The maximum absolute atomic E-state index is 12.4. The highest BCUT2D eigenvalue weighted by Crippen LogP contribution is 2.24. The van der Waals surface area contributed by atoms with Gasteiger partial charge in [0, 0.05) is 12.2 Å². The van der Waals surface area contributed by atoms with Crippen molar-refractivity contribution in [3.05, 3.63) is 58.6 Å². The van der Waals surface area contributed by atoms with Gasteiger partial charge >= 0.3 is 5.97 Å². The van der Waals surface area contributed by atoms with Crippen LogP contribution in [-0.2, 0) is 9.53 Å². The summed E-state index contributed by atoms with van der Waals surface area (Å²) in [6, 6.07) is 12.6. The number of esters is 1. The third-order valence-corrected chi connectivity index (χ3v) is 4.07. The molecule has 0 fully saturated rings.